The molecular weight excluding hydrogens is 258 g/mol. The van der Waals surface area contributed by atoms with Gasteiger partial charge in [-0.25, -0.2) is 0 Å². The number of nitrogen functional groups attached to an aromatic ring is 2. The van der Waals surface area contributed by atoms with Crippen molar-refractivity contribution >= 4 is 39.1 Å². The van der Waals surface area contributed by atoms with Crippen LogP contribution in [0.2, 0.25) is 5.02 Å². The summed E-state index contributed by atoms with van der Waals surface area (Å²) in [5, 5.41) is 3.44. The number of anilines is 3. The quantitative estimate of drug-likeness (QED) is 0.377. The molecule has 7 N–H and O–H groups in total. The molecule has 9 heteroatoms. The lowest BCUT2D eigenvalue weighted by molar-refractivity contribution is 0.381. The Labute approximate surface area is 98.0 Å². The Morgan fingerprint density at radius 1 is 1.25 bits per heavy atom. The monoisotopic (exact) mass is 269 g/mol. The minimum atomic E-state index is -4.67. The third kappa shape index (κ3) is 6.30. The van der Waals surface area contributed by atoms with Crippen molar-refractivity contribution in [3.63, 3.8) is 0 Å². The first-order valence-electron chi connectivity index (χ1n) is 3.87. The normalized spacial score (nSPS) is 10.2. The van der Waals surface area contributed by atoms with E-state index in [1.807, 2.05) is 0 Å². The summed E-state index contributed by atoms with van der Waals surface area (Å²) in [7, 11) is -2.91. The van der Waals surface area contributed by atoms with Gasteiger partial charge in [-0.1, -0.05) is 11.6 Å². The Balaban J connectivity index is 0.000000385. The predicted molar refractivity (Wildman–Crippen MR) is 64.0 cm³/mol. The molecule has 0 saturated heterocycles. The second-order valence-corrected chi connectivity index (χ2v) is 3.99. The first kappa shape index (κ1) is 14.8. The van der Waals surface area contributed by atoms with Gasteiger partial charge in [0.15, 0.2) is 0 Å². The lowest BCUT2D eigenvalue weighted by Crippen LogP contribution is -2.00. The summed E-state index contributed by atoms with van der Waals surface area (Å²) in [6.07, 6.45) is 0. The van der Waals surface area contributed by atoms with E-state index in [-0.39, 0.29) is 0 Å². The minimum absolute atomic E-state index is 0.555. The zero-order chi connectivity index (χ0) is 12.9. The molecule has 1 aromatic rings. The molecule has 1 aromatic carbocycles. The highest BCUT2D eigenvalue weighted by Gasteiger charge is 2.02. The van der Waals surface area contributed by atoms with Gasteiger partial charge in [0.1, 0.15) is 0 Å². The standard InChI is InChI=1S/C7H10ClN3.H2O4S/c1-11-7-5(9)2-4(8)3-6(7)10;1-5(2,3)4/h2-3,11H,9-10H2,1H3;(H2,1,2,3,4). The average Bonchev–Trinajstić information content (AvgIpc) is 1.99. The van der Waals surface area contributed by atoms with Crippen molar-refractivity contribution in [1.29, 1.82) is 0 Å². The highest BCUT2D eigenvalue weighted by atomic mass is 35.5. The molecule has 0 bridgehead atoms. The van der Waals surface area contributed by atoms with Crippen LogP contribution in [-0.4, -0.2) is 24.6 Å². The van der Waals surface area contributed by atoms with Crippen LogP contribution >= 0.6 is 11.6 Å². The fraction of sp³-hybridized carbons (Fsp3) is 0.143. The summed E-state index contributed by atoms with van der Waals surface area (Å²) >= 11 is 5.69. The Bertz CT molecular complexity index is 432. The van der Waals surface area contributed by atoms with Crippen LogP contribution in [0.15, 0.2) is 12.1 Å². The molecule has 0 saturated carbocycles. The van der Waals surface area contributed by atoms with Gasteiger partial charge in [0.25, 0.3) is 0 Å². The van der Waals surface area contributed by atoms with E-state index in [0.717, 1.165) is 5.69 Å². The molecule has 0 aliphatic heterocycles. The third-order valence-electron chi connectivity index (χ3n) is 1.41. The van der Waals surface area contributed by atoms with Crippen LogP contribution in [0.5, 0.6) is 0 Å². The molecule has 1 rings (SSSR count). The van der Waals surface area contributed by atoms with Crippen molar-refractivity contribution in [3.8, 4) is 0 Å². The summed E-state index contributed by atoms with van der Waals surface area (Å²) in [4.78, 5) is 0. The van der Waals surface area contributed by atoms with Crippen LogP contribution in [0.3, 0.4) is 0 Å². The van der Waals surface area contributed by atoms with Gasteiger partial charge < -0.3 is 16.8 Å². The van der Waals surface area contributed by atoms with Crippen LogP contribution in [-0.2, 0) is 10.4 Å². The van der Waals surface area contributed by atoms with Crippen molar-refractivity contribution in [2.45, 2.75) is 0 Å². The van der Waals surface area contributed by atoms with E-state index in [1.54, 1.807) is 19.2 Å². The third-order valence-corrected chi connectivity index (χ3v) is 1.63. The topological polar surface area (TPSA) is 139 Å². The van der Waals surface area contributed by atoms with Crippen molar-refractivity contribution in [2.24, 2.45) is 0 Å². The summed E-state index contributed by atoms with van der Waals surface area (Å²) in [5.41, 5.74) is 13.1. The van der Waals surface area contributed by atoms with Gasteiger partial charge in [0, 0.05) is 12.1 Å². The maximum Gasteiger partial charge on any atom is 0.394 e. The Hall–Kier alpha value is -1.22. The first-order chi connectivity index (χ1) is 7.15. The molecule has 0 radical (unpaired) electrons. The Kier molecular flexibility index (Phi) is 5.31. The maximum absolute atomic E-state index is 8.74. The molecule has 0 aromatic heterocycles. The zero-order valence-electron chi connectivity index (χ0n) is 8.31. The molecule has 0 unspecified atom stereocenters. The molecular formula is C7H12ClN3O4S. The molecule has 0 aliphatic carbocycles. The fourth-order valence-electron chi connectivity index (χ4n) is 0.938. The van der Waals surface area contributed by atoms with Gasteiger partial charge in [-0.2, -0.15) is 8.42 Å². The van der Waals surface area contributed by atoms with Crippen LogP contribution in [0, 0.1) is 0 Å². The van der Waals surface area contributed by atoms with E-state index >= 15 is 0 Å². The highest BCUT2D eigenvalue weighted by molar-refractivity contribution is 7.79. The fourth-order valence-corrected chi connectivity index (χ4v) is 1.17. The number of hydrogen-bond acceptors (Lipinski definition) is 5. The summed E-state index contributed by atoms with van der Waals surface area (Å²) in [6.45, 7) is 0. The molecule has 16 heavy (non-hydrogen) atoms. The van der Waals surface area contributed by atoms with E-state index in [4.69, 9.17) is 40.6 Å². The average molecular weight is 270 g/mol. The van der Waals surface area contributed by atoms with E-state index in [0.29, 0.717) is 16.4 Å². The van der Waals surface area contributed by atoms with Gasteiger partial charge in [-0.15, -0.1) is 0 Å². The summed E-state index contributed by atoms with van der Waals surface area (Å²) in [6, 6.07) is 3.31. The van der Waals surface area contributed by atoms with Crippen LogP contribution in [0.25, 0.3) is 0 Å². The van der Waals surface area contributed by atoms with Crippen LogP contribution < -0.4 is 16.8 Å². The predicted octanol–water partition coefficient (Wildman–Crippen LogP) is 0.893. The lowest BCUT2D eigenvalue weighted by Gasteiger charge is -2.08. The van der Waals surface area contributed by atoms with E-state index in [9.17, 15) is 0 Å². The van der Waals surface area contributed by atoms with Crippen LogP contribution in [0.4, 0.5) is 17.1 Å². The maximum atomic E-state index is 8.74. The Morgan fingerprint density at radius 3 is 1.81 bits per heavy atom. The number of halogens is 1. The number of hydrogen-bond donors (Lipinski definition) is 5. The first-order valence-corrected chi connectivity index (χ1v) is 5.64. The summed E-state index contributed by atoms with van der Waals surface area (Å²) < 4.78 is 31.6. The number of nitrogens with two attached hydrogens (primary N) is 2. The molecule has 0 amide bonds. The molecule has 0 heterocycles. The SMILES string of the molecule is CNc1c(N)cc(Cl)cc1N.O=S(=O)(O)O. The smallest absolute Gasteiger partial charge is 0.394 e. The number of benzene rings is 1. The highest BCUT2D eigenvalue weighted by Crippen LogP contribution is 2.29. The molecule has 0 aliphatic rings. The van der Waals surface area contributed by atoms with Gasteiger partial charge in [0.2, 0.25) is 0 Å². The van der Waals surface area contributed by atoms with E-state index < -0.39 is 10.4 Å². The van der Waals surface area contributed by atoms with Crippen LogP contribution in [0.1, 0.15) is 0 Å². The van der Waals surface area contributed by atoms with Gasteiger partial charge in [-0.05, 0) is 12.1 Å². The Morgan fingerprint density at radius 2 is 1.56 bits per heavy atom. The van der Waals surface area contributed by atoms with Crippen molar-refractivity contribution in [2.75, 3.05) is 23.8 Å². The minimum Gasteiger partial charge on any atom is -0.397 e. The van der Waals surface area contributed by atoms with Gasteiger partial charge in [-0.3, -0.25) is 9.11 Å². The van der Waals surface area contributed by atoms with Gasteiger partial charge in [0.05, 0.1) is 17.1 Å². The zero-order valence-corrected chi connectivity index (χ0v) is 9.88. The molecule has 0 spiro atoms. The lowest BCUT2D eigenvalue weighted by atomic mass is 10.2. The number of nitrogens with one attached hydrogen (secondary N) is 1. The largest absolute Gasteiger partial charge is 0.397 e. The van der Waals surface area contributed by atoms with Gasteiger partial charge >= 0.3 is 10.4 Å². The molecule has 0 atom stereocenters. The van der Waals surface area contributed by atoms with E-state index in [1.165, 1.54) is 0 Å². The number of rotatable bonds is 1. The van der Waals surface area contributed by atoms with Crippen molar-refractivity contribution in [3.05, 3.63) is 17.2 Å². The summed E-state index contributed by atoms with van der Waals surface area (Å²) in [5.74, 6) is 0. The second kappa shape index (κ2) is 5.75. The molecule has 0 fully saturated rings. The van der Waals surface area contributed by atoms with Crippen molar-refractivity contribution in [1.82, 2.24) is 0 Å². The van der Waals surface area contributed by atoms with E-state index in [2.05, 4.69) is 5.32 Å². The second-order valence-electron chi connectivity index (χ2n) is 2.66. The van der Waals surface area contributed by atoms with Crippen molar-refractivity contribution < 1.29 is 17.5 Å². The molecule has 92 valence electrons. The molecule has 7 nitrogen and oxygen atoms in total.